The lowest BCUT2D eigenvalue weighted by Gasteiger charge is -2.35. The van der Waals surface area contributed by atoms with E-state index in [0.29, 0.717) is 12.6 Å². The van der Waals surface area contributed by atoms with Gasteiger partial charge in [0.15, 0.2) is 0 Å². The number of imidazole rings is 1. The zero-order valence-corrected chi connectivity index (χ0v) is 13.6. The summed E-state index contributed by atoms with van der Waals surface area (Å²) in [5, 5.41) is 0. The van der Waals surface area contributed by atoms with Crippen LogP contribution in [-0.4, -0.2) is 58.5 Å². The van der Waals surface area contributed by atoms with Crippen LogP contribution in [0.1, 0.15) is 18.7 Å². The van der Waals surface area contributed by atoms with Crippen LogP contribution in [0.15, 0.2) is 24.3 Å². The maximum absolute atomic E-state index is 12.6. The van der Waals surface area contributed by atoms with E-state index in [0.717, 1.165) is 42.8 Å². The lowest BCUT2D eigenvalue weighted by molar-refractivity contribution is -0.133. The first-order chi connectivity index (χ1) is 10.6. The van der Waals surface area contributed by atoms with Crippen LogP contribution in [0.5, 0.6) is 0 Å². The van der Waals surface area contributed by atoms with Gasteiger partial charge >= 0.3 is 0 Å². The first-order valence-corrected chi connectivity index (χ1v) is 7.92. The van der Waals surface area contributed by atoms with Crippen LogP contribution in [0.2, 0.25) is 0 Å². The first kappa shape index (κ1) is 15.0. The van der Waals surface area contributed by atoms with E-state index in [1.165, 1.54) is 0 Å². The van der Waals surface area contributed by atoms with E-state index in [-0.39, 0.29) is 5.91 Å². The SMILES string of the molecule is Cc1nc2ccccc2n1CC(=O)N1CCC(N(C)C)CC1. The molecule has 1 aliphatic rings. The van der Waals surface area contributed by atoms with Crippen LogP contribution in [0.3, 0.4) is 0 Å². The molecule has 3 rings (SSSR count). The molecule has 0 atom stereocenters. The summed E-state index contributed by atoms with van der Waals surface area (Å²) in [4.78, 5) is 21.4. The summed E-state index contributed by atoms with van der Waals surface area (Å²) in [7, 11) is 4.23. The predicted octanol–water partition coefficient (Wildman–Crippen LogP) is 1.90. The van der Waals surface area contributed by atoms with Gasteiger partial charge in [-0.2, -0.15) is 0 Å². The maximum atomic E-state index is 12.6. The standard InChI is InChI=1S/C17H24N4O/c1-13-18-15-6-4-5-7-16(15)21(13)12-17(22)20-10-8-14(9-11-20)19(2)3/h4-7,14H,8-12H2,1-3H3. The molecule has 5 heteroatoms. The van der Waals surface area contributed by atoms with Crippen LogP contribution in [-0.2, 0) is 11.3 Å². The highest BCUT2D eigenvalue weighted by molar-refractivity contribution is 5.81. The topological polar surface area (TPSA) is 41.4 Å². The largest absolute Gasteiger partial charge is 0.341 e. The maximum Gasteiger partial charge on any atom is 0.242 e. The highest BCUT2D eigenvalue weighted by Gasteiger charge is 2.24. The Morgan fingerprint density at radius 2 is 1.95 bits per heavy atom. The van der Waals surface area contributed by atoms with Crippen molar-refractivity contribution in [2.75, 3.05) is 27.2 Å². The van der Waals surface area contributed by atoms with E-state index >= 15 is 0 Å². The Labute approximate surface area is 131 Å². The molecule has 0 N–H and O–H groups in total. The van der Waals surface area contributed by atoms with Crippen molar-refractivity contribution in [2.45, 2.75) is 32.4 Å². The number of rotatable bonds is 3. The molecule has 0 unspecified atom stereocenters. The molecule has 1 aromatic carbocycles. The van der Waals surface area contributed by atoms with Crippen molar-refractivity contribution in [3.63, 3.8) is 0 Å². The number of likely N-dealkylation sites (tertiary alicyclic amines) is 1. The van der Waals surface area contributed by atoms with E-state index in [1.807, 2.05) is 40.7 Å². The second-order valence-electron chi connectivity index (χ2n) is 6.31. The molecular weight excluding hydrogens is 276 g/mol. The summed E-state index contributed by atoms with van der Waals surface area (Å²) in [5.41, 5.74) is 2.00. The lowest BCUT2D eigenvalue weighted by atomic mass is 10.0. The van der Waals surface area contributed by atoms with Crippen LogP contribution >= 0.6 is 0 Å². The molecule has 2 heterocycles. The van der Waals surface area contributed by atoms with Gasteiger partial charge in [0.1, 0.15) is 12.4 Å². The zero-order valence-electron chi connectivity index (χ0n) is 13.6. The third kappa shape index (κ3) is 2.86. The Morgan fingerprint density at radius 1 is 1.27 bits per heavy atom. The Bertz CT molecular complexity index is 668. The average molecular weight is 300 g/mol. The van der Waals surface area contributed by atoms with Gasteiger partial charge in [-0.15, -0.1) is 0 Å². The number of aromatic nitrogens is 2. The molecule has 1 fully saturated rings. The highest BCUT2D eigenvalue weighted by Crippen LogP contribution is 2.18. The minimum absolute atomic E-state index is 0.198. The van der Waals surface area contributed by atoms with Gasteiger partial charge in [-0.1, -0.05) is 12.1 Å². The van der Waals surface area contributed by atoms with Crippen molar-refractivity contribution < 1.29 is 4.79 Å². The normalized spacial score (nSPS) is 16.6. The van der Waals surface area contributed by atoms with Gasteiger partial charge in [0, 0.05) is 19.1 Å². The molecule has 1 amide bonds. The summed E-state index contributed by atoms with van der Waals surface area (Å²) < 4.78 is 2.02. The molecule has 0 aliphatic carbocycles. The predicted molar refractivity (Wildman–Crippen MR) is 87.8 cm³/mol. The summed E-state index contributed by atoms with van der Waals surface area (Å²) in [6.45, 7) is 4.06. The molecule has 0 saturated carbocycles. The van der Waals surface area contributed by atoms with Gasteiger partial charge in [-0.25, -0.2) is 4.98 Å². The summed E-state index contributed by atoms with van der Waals surface area (Å²) >= 11 is 0. The van der Waals surface area contributed by atoms with E-state index in [1.54, 1.807) is 0 Å². The minimum atomic E-state index is 0.198. The number of amides is 1. The molecule has 2 aromatic rings. The summed E-state index contributed by atoms with van der Waals surface area (Å²) in [6, 6.07) is 8.59. The van der Waals surface area contributed by atoms with Crippen molar-refractivity contribution in [3.8, 4) is 0 Å². The number of piperidine rings is 1. The van der Waals surface area contributed by atoms with E-state index in [4.69, 9.17) is 0 Å². The second-order valence-corrected chi connectivity index (χ2v) is 6.31. The van der Waals surface area contributed by atoms with E-state index < -0.39 is 0 Å². The Morgan fingerprint density at radius 3 is 2.64 bits per heavy atom. The molecule has 0 spiro atoms. The average Bonchev–Trinajstić information content (AvgIpc) is 2.83. The van der Waals surface area contributed by atoms with Gasteiger partial charge in [-0.05, 0) is 46.0 Å². The number of aryl methyl sites for hydroxylation is 1. The van der Waals surface area contributed by atoms with Crippen LogP contribution in [0.4, 0.5) is 0 Å². The third-order valence-corrected chi connectivity index (χ3v) is 4.69. The molecule has 0 radical (unpaired) electrons. The monoisotopic (exact) mass is 300 g/mol. The van der Waals surface area contributed by atoms with Crippen molar-refractivity contribution in [1.82, 2.24) is 19.4 Å². The summed E-state index contributed by atoms with van der Waals surface area (Å²) in [5.74, 6) is 1.10. The Balaban J connectivity index is 1.70. The van der Waals surface area contributed by atoms with Crippen molar-refractivity contribution in [1.29, 1.82) is 0 Å². The fraction of sp³-hybridized carbons (Fsp3) is 0.529. The van der Waals surface area contributed by atoms with Gasteiger partial charge < -0.3 is 14.4 Å². The van der Waals surface area contributed by atoms with Gasteiger partial charge in [0.05, 0.1) is 11.0 Å². The third-order valence-electron chi connectivity index (χ3n) is 4.69. The van der Waals surface area contributed by atoms with Crippen molar-refractivity contribution in [2.24, 2.45) is 0 Å². The molecule has 1 aliphatic heterocycles. The number of benzene rings is 1. The number of hydrogen-bond donors (Lipinski definition) is 0. The van der Waals surface area contributed by atoms with Crippen LogP contribution < -0.4 is 0 Å². The number of nitrogens with zero attached hydrogens (tertiary/aromatic N) is 4. The minimum Gasteiger partial charge on any atom is -0.341 e. The second kappa shape index (κ2) is 6.08. The molecule has 1 aromatic heterocycles. The Kier molecular flexibility index (Phi) is 4.16. The number of carbonyl (C=O) groups is 1. The quantitative estimate of drug-likeness (QED) is 0.869. The van der Waals surface area contributed by atoms with Crippen LogP contribution in [0.25, 0.3) is 11.0 Å². The smallest absolute Gasteiger partial charge is 0.242 e. The number of para-hydroxylation sites is 2. The van der Waals surface area contributed by atoms with E-state index in [9.17, 15) is 4.79 Å². The Hall–Kier alpha value is -1.88. The molecular formula is C17H24N4O. The molecule has 118 valence electrons. The molecule has 1 saturated heterocycles. The van der Waals surface area contributed by atoms with Crippen LogP contribution in [0, 0.1) is 6.92 Å². The summed E-state index contributed by atoms with van der Waals surface area (Å²) in [6.07, 6.45) is 2.12. The number of hydrogen-bond acceptors (Lipinski definition) is 3. The highest BCUT2D eigenvalue weighted by atomic mass is 16.2. The first-order valence-electron chi connectivity index (χ1n) is 7.92. The van der Waals surface area contributed by atoms with Gasteiger partial charge in [0.25, 0.3) is 0 Å². The fourth-order valence-electron chi connectivity index (χ4n) is 3.26. The van der Waals surface area contributed by atoms with E-state index in [2.05, 4.69) is 24.0 Å². The van der Waals surface area contributed by atoms with Crippen molar-refractivity contribution in [3.05, 3.63) is 30.1 Å². The lowest BCUT2D eigenvalue weighted by Crippen LogP contribution is -2.45. The molecule has 5 nitrogen and oxygen atoms in total. The van der Waals surface area contributed by atoms with Gasteiger partial charge in [0.2, 0.25) is 5.91 Å². The number of carbonyl (C=O) groups excluding carboxylic acids is 1. The number of fused-ring (bicyclic) bond motifs is 1. The zero-order chi connectivity index (χ0) is 15.7. The molecule has 22 heavy (non-hydrogen) atoms. The van der Waals surface area contributed by atoms with Gasteiger partial charge in [-0.3, -0.25) is 4.79 Å². The fourth-order valence-corrected chi connectivity index (χ4v) is 3.26. The molecule has 0 bridgehead atoms. The van der Waals surface area contributed by atoms with Crippen molar-refractivity contribution >= 4 is 16.9 Å².